The zero-order chi connectivity index (χ0) is 20.6. The van der Waals surface area contributed by atoms with Gasteiger partial charge in [-0.25, -0.2) is 9.59 Å². The van der Waals surface area contributed by atoms with Crippen LogP contribution in [0.1, 0.15) is 24.2 Å². The molecule has 1 rings (SSSR count). The van der Waals surface area contributed by atoms with Crippen molar-refractivity contribution in [1.82, 2.24) is 0 Å². The molecule has 27 heavy (non-hydrogen) atoms. The molecule has 0 aliphatic carbocycles. The van der Waals surface area contributed by atoms with Crippen LogP contribution in [0.2, 0.25) is 0 Å². The van der Waals surface area contributed by atoms with Crippen molar-refractivity contribution in [3.8, 4) is 0 Å². The van der Waals surface area contributed by atoms with Crippen molar-refractivity contribution in [2.75, 3.05) is 27.4 Å². The lowest BCUT2D eigenvalue weighted by molar-refractivity contribution is -0.141. The Balaban J connectivity index is 3.78. The zero-order valence-electron chi connectivity index (χ0n) is 15.3. The fraction of sp³-hybridized carbons (Fsp3) is 0.353. The van der Waals surface area contributed by atoms with Crippen molar-refractivity contribution in [2.45, 2.75) is 13.8 Å². The smallest absolute Gasteiger partial charge is 0.369 e. The second-order valence-electron chi connectivity index (χ2n) is 4.86. The molecule has 0 aliphatic heterocycles. The Morgan fingerprint density at radius 1 is 0.926 bits per heavy atom. The molecule has 0 N–H and O–H groups in total. The summed E-state index contributed by atoms with van der Waals surface area (Å²) in [4.78, 5) is 38.0. The fourth-order valence-corrected chi connectivity index (χ4v) is 3.59. The van der Waals surface area contributed by atoms with Crippen LogP contribution in [-0.2, 0) is 32.7 Å². The van der Waals surface area contributed by atoms with Crippen LogP contribution < -0.4 is 0 Å². The highest BCUT2D eigenvalue weighted by Gasteiger charge is 2.43. The van der Waals surface area contributed by atoms with Gasteiger partial charge < -0.3 is 18.5 Å². The van der Waals surface area contributed by atoms with Crippen molar-refractivity contribution in [3.63, 3.8) is 0 Å². The molecule has 0 radical (unpaired) electrons. The number of carbonyl (C=O) groups is 3. The van der Waals surface area contributed by atoms with Crippen molar-refractivity contribution in [3.05, 3.63) is 45.2 Å². The van der Waals surface area contributed by atoms with Crippen molar-refractivity contribution in [2.24, 2.45) is 0 Å². The van der Waals surface area contributed by atoms with Crippen LogP contribution in [-0.4, -0.2) is 45.2 Å². The Kier molecular flexibility index (Phi) is 9.05. The topological polar surface area (TPSA) is 105 Å². The number of ketones is 1. The van der Waals surface area contributed by atoms with Gasteiger partial charge in [0.15, 0.2) is 5.31 Å². The Morgan fingerprint density at radius 3 is 1.85 bits per heavy atom. The third-order valence-corrected chi connectivity index (χ3v) is 5.72. The van der Waals surface area contributed by atoms with Crippen molar-refractivity contribution in [1.29, 1.82) is 0 Å². The molecule has 1 aromatic carbocycles. The highest BCUT2D eigenvalue weighted by Crippen LogP contribution is 2.56. The molecular formula is C17H20BrO8P. The number of esters is 2. The summed E-state index contributed by atoms with van der Waals surface area (Å²) >= 11 is 3.24. The predicted molar refractivity (Wildman–Crippen MR) is 100 cm³/mol. The zero-order valence-corrected chi connectivity index (χ0v) is 17.8. The SMILES string of the molecule is CCOC(=O)/C(C(=O)c1ccc(Br)cc1)=C(\C(=O)OCC)P(=O)(OC)OC. The number of rotatable bonds is 9. The van der Waals surface area contributed by atoms with E-state index in [1.165, 1.54) is 26.0 Å². The van der Waals surface area contributed by atoms with Crippen LogP contribution >= 0.6 is 23.5 Å². The van der Waals surface area contributed by atoms with Crippen molar-refractivity contribution >= 4 is 41.2 Å². The van der Waals surface area contributed by atoms with Gasteiger partial charge in [0.2, 0.25) is 5.78 Å². The van der Waals surface area contributed by atoms with Crippen LogP contribution in [0.5, 0.6) is 0 Å². The molecule has 0 saturated heterocycles. The molecule has 0 heterocycles. The minimum absolute atomic E-state index is 0.0711. The predicted octanol–water partition coefficient (Wildman–Crippen LogP) is 3.50. The van der Waals surface area contributed by atoms with Gasteiger partial charge in [0.05, 0.1) is 13.2 Å². The maximum atomic E-state index is 13.0. The Labute approximate surface area is 165 Å². The van der Waals surface area contributed by atoms with E-state index in [-0.39, 0.29) is 18.8 Å². The summed E-state index contributed by atoms with van der Waals surface area (Å²) in [6, 6.07) is 6.01. The molecule has 148 valence electrons. The number of halogens is 1. The lowest BCUT2D eigenvalue weighted by atomic mass is 10.0. The summed E-state index contributed by atoms with van der Waals surface area (Å²) < 4.78 is 33.1. The van der Waals surface area contributed by atoms with Crippen LogP contribution in [0.4, 0.5) is 0 Å². The molecule has 0 saturated carbocycles. The molecule has 0 atom stereocenters. The summed E-state index contributed by atoms with van der Waals surface area (Å²) in [5.74, 6) is -3.18. The average molecular weight is 463 g/mol. The number of Topliss-reactive ketones (excluding diaryl/α,β-unsaturated/α-hetero) is 1. The third-order valence-electron chi connectivity index (χ3n) is 3.27. The van der Waals surface area contributed by atoms with E-state index in [0.29, 0.717) is 4.47 Å². The van der Waals surface area contributed by atoms with Gasteiger partial charge in [0.25, 0.3) is 0 Å². The maximum Gasteiger partial charge on any atom is 0.369 e. The average Bonchev–Trinajstić information content (AvgIpc) is 2.65. The number of ether oxygens (including phenoxy) is 2. The lowest BCUT2D eigenvalue weighted by Gasteiger charge is -2.19. The van der Waals surface area contributed by atoms with Gasteiger partial charge in [0, 0.05) is 24.3 Å². The van der Waals surface area contributed by atoms with E-state index in [0.717, 1.165) is 14.2 Å². The summed E-state index contributed by atoms with van der Waals surface area (Å²) in [6.07, 6.45) is 0. The van der Waals surface area contributed by atoms with Crippen LogP contribution in [0.25, 0.3) is 0 Å². The fourth-order valence-electron chi connectivity index (χ4n) is 2.05. The minimum Gasteiger partial charge on any atom is -0.462 e. The first kappa shape index (κ1) is 23.2. The molecule has 1 aromatic rings. The van der Waals surface area contributed by atoms with Gasteiger partial charge in [-0.1, -0.05) is 15.9 Å². The molecule has 0 fully saturated rings. The third kappa shape index (κ3) is 5.59. The summed E-state index contributed by atoms with van der Waals surface area (Å²) in [6.45, 7) is 2.88. The minimum atomic E-state index is -4.32. The second-order valence-corrected chi connectivity index (χ2v) is 7.95. The standard InChI is InChI=1S/C17H20BrO8P/c1-5-25-16(20)13(14(19)11-7-9-12(18)10-8-11)15(17(21)26-6-2)27(22,23-3)24-4/h7-10H,5-6H2,1-4H3/b15-13+. The van der Waals surface area contributed by atoms with Gasteiger partial charge in [0.1, 0.15) is 5.57 Å². The molecule has 0 bridgehead atoms. The summed E-state index contributed by atoms with van der Waals surface area (Å²) in [5, 5.41) is -0.805. The van der Waals surface area contributed by atoms with E-state index in [1.54, 1.807) is 12.1 Å². The monoisotopic (exact) mass is 462 g/mol. The molecule has 8 nitrogen and oxygen atoms in total. The van der Waals surface area contributed by atoms with Gasteiger partial charge in [-0.05, 0) is 38.1 Å². The van der Waals surface area contributed by atoms with Crippen LogP contribution in [0.15, 0.2) is 39.6 Å². The van der Waals surface area contributed by atoms with Gasteiger partial charge in [-0.2, -0.15) is 0 Å². The van der Waals surface area contributed by atoms with E-state index in [9.17, 15) is 18.9 Å². The number of carbonyl (C=O) groups excluding carboxylic acids is 3. The summed E-state index contributed by atoms with van der Waals surface area (Å²) in [7, 11) is -2.27. The van der Waals surface area contributed by atoms with E-state index in [1.807, 2.05) is 0 Å². The van der Waals surface area contributed by atoms with Crippen LogP contribution in [0, 0.1) is 0 Å². The van der Waals surface area contributed by atoms with E-state index >= 15 is 0 Å². The first-order valence-corrected chi connectivity index (χ1v) is 10.2. The molecule has 10 heteroatoms. The highest BCUT2D eigenvalue weighted by atomic mass is 79.9. The van der Waals surface area contributed by atoms with Gasteiger partial charge >= 0.3 is 19.5 Å². The highest BCUT2D eigenvalue weighted by molar-refractivity contribution is 9.10. The van der Waals surface area contributed by atoms with Crippen molar-refractivity contribution < 1.29 is 37.5 Å². The molecule has 0 amide bonds. The molecule has 0 aromatic heterocycles. The number of benzene rings is 1. The normalized spacial score (nSPS) is 12.2. The van der Waals surface area contributed by atoms with E-state index in [2.05, 4.69) is 15.9 Å². The second kappa shape index (κ2) is 10.5. The van der Waals surface area contributed by atoms with E-state index in [4.69, 9.17) is 18.5 Å². The lowest BCUT2D eigenvalue weighted by Crippen LogP contribution is -2.23. The van der Waals surface area contributed by atoms with Gasteiger partial charge in [-0.3, -0.25) is 9.36 Å². The first-order valence-electron chi connectivity index (χ1n) is 7.86. The maximum absolute atomic E-state index is 13.0. The van der Waals surface area contributed by atoms with Crippen LogP contribution in [0.3, 0.4) is 0 Å². The Bertz CT molecular complexity index is 777. The summed E-state index contributed by atoms with van der Waals surface area (Å²) in [5.41, 5.74) is -0.688. The molecule has 0 aliphatic rings. The molecule has 0 spiro atoms. The van der Waals surface area contributed by atoms with Gasteiger partial charge in [-0.15, -0.1) is 0 Å². The first-order chi connectivity index (χ1) is 12.7. The largest absolute Gasteiger partial charge is 0.462 e. The molecule has 0 unspecified atom stereocenters. The Morgan fingerprint density at radius 2 is 1.41 bits per heavy atom. The number of hydrogen-bond donors (Lipinski definition) is 0. The van der Waals surface area contributed by atoms with E-state index < -0.39 is 36.2 Å². The Hall–Kier alpha value is -1.80. The molecular weight excluding hydrogens is 443 g/mol. The number of hydrogen-bond acceptors (Lipinski definition) is 8. The quantitative estimate of drug-likeness (QED) is 0.137.